The molecular weight excluding hydrogens is 278 g/mol. The highest BCUT2D eigenvalue weighted by atomic mass is 16.5. The molecule has 0 aliphatic carbocycles. The first kappa shape index (κ1) is 14.3. The quantitative estimate of drug-likeness (QED) is 0.814. The number of carbonyl (C=O) groups excluding carboxylic acids is 2. The van der Waals surface area contributed by atoms with Crippen LogP contribution in [0.25, 0.3) is 0 Å². The standard InChI is InChI=1S/C18H17NO3/c1-3-13-10-12(8-9-16(13)22-2)11-19-17(20)14-6-4-5-7-15(14)18(19)21/h4-10H,3,11H2,1-2H3. The van der Waals surface area contributed by atoms with Gasteiger partial charge in [0.1, 0.15) is 5.75 Å². The van der Waals surface area contributed by atoms with Crippen molar-refractivity contribution in [3.8, 4) is 5.75 Å². The minimum absolute atomic E-state index is 0.227. The number of rotatable bonds is 4. The number of methoxy groups -OCH3 is 1. The highest BCUT2D eigenvalue weighted by Gasteiger charge is 2.34. The van der Waals surface area contributed by atoms with Crippen molar-refractivity contribution in [2.75, 3.05) is 7.11 Å². The zero-order valence-corrected chi connectivity index (χ0v) is 12.6. The Morgan fingerprint density at radius 3 is 2.18 bits per heavy atom. The third kappa shape index (κ3) is 2.26. The van der Waals surface area contributed by atoms with Crippen LogP contribution in [0.3, 0.4) is 0 Å². The molecule has 0 saturated carbocycles. The zero-order chi connectivity index (χ0) is 15.7. The van der Waals surface area contributed by atoms with Gasteiger partial charge < -0.3 is 4.74 Å². The van der Waals surface area contributed by atoms with Crippen LogP contribution in [-0.2, 0) is 13.0 Å². The molecule has 1 aliphatic rings. The average Bonchev–Trinajstić information content (AvgIpc) is 2.80. The van der Waals surface area contributed by atoms with Crippen LogP contribution >= 0.6 is 0 Å². The molecule has 0 fully saturated rings. The van der Waals surface area contributed by atoms with Crippen molar-refractivity contribution in [3.63, 3.8) is 0 Å². The third-order valence-corrected chi connectivity index (χ3v) is 3.94. The molecular formula is C18H17NO3. The molecule has 1 heterocycles. The first-order valence-corrected chi connectivity index (χ1v) is 7.26. The van der Waals surface area contributed by atoms with Crippen LogP contribution in [0.4, 0.5) is 0 Å². The van der Waals surface area contributed by atoms with Gasteiger partial charge in [-0.3, -0.25) is 14.5 Å². The fourth-order valence-electron chi connectivity index (χ4n) is 2.77. The number of aryl methyl sites for hydroxylation is 1. The van der Waals surface area contributed by atoms with E-state index in [1.165, 1.54) is 4.90 Å². The number of benzene rings is 2. The lowest BCUT2D eigenvalue weighted by Crippen LogP contribution is -2.29. The van der Waals surface area contributed by atoms with E-state index in [9.17, 15) is 9.59 Å². The van der Waals surface area contributed by atoms with Gasteiger partial charge in [0.25, 0.3) is 11.8 Å². The largest absolute Gasteiger partial charge is 0.496 e. The normalized spacial score (nSPS) is 13.5. The van der Waals surface area contributed by atoms with Crippen molar-refractivity contribution in [3.05, 3.63) is 64.7 Å². The van der Waals surface area contributed by atoms with Gasteiger partial charge in [-0.2, -0.15) is 0 Å². The van der Waals surface area contributed by atoms with E-state index in [0.717, 1.165) is 23.3 Å². The molecule has 0 radical (unpaired) electrons. The molecule has 0 aromatic heterocycles. The minimum Gasteiger partial charge on any atom is -0.496 e. The van der Waals surface area contributed by atoms with Crippen molar-refractivity contribution in [2.24, 2.45) is 0 Å². The number of hydrogen-bond donors (Lipinski definition) is 0. The molecule has 4 nitrogen and oxygen atoms in total. The summed E-state index contributed by atoms with van der Waals surface area (Å²) < 4.78 is 5.31. The molecule has 112 valence electrons. The van der Waals surface area contributed by atoms with Crippen LogP contribution in [-0.4, -0.2) is 23.8 Å². The molecule has 3 rings (SSSR count). The van der Waals surface area contributed by atoms with E-state index in [2.05, 4.69) is 0 Å². The van der Waals surface area contributed by atoms with Gasteiger partial charge >= 0.3 is 0 Å². The summed E-state index contributed by atoms with van der Waals surface area (Å²) in [6.07, 6.45) is 0.832. The van der Waals surface area contributed by atoms with E-state index >= 15 is 0 Å². The van der Waals surface area contributed by atoms with E-state index in [1.54, 1.807) is 31.4 Å². The van der Waals surface area contributed by atoms with Crippen molar-refractivity contribution in [1.82, 2.24) is 4.90 Å². The van der Waals surface area contributed by atoms with E-state index < -0.39 is 0 Å². The first-order valence-electron chi connectivity index (χ1n) is 7.26. The Morgan fingerprint density at radius 1 is 1.00 bits per heavy atom. The Hall–Kier alpha value is -2.62. The molecule has 1 aliphatic heterocycles. The minimum atomic E-state index is -0.227. The molecule has 4 heteroatoms. The molecule has 0 bridgehead atoms. The van der Waals surface area contributed by atoms with Crippen molar-refractivity contribution in [1.29, 1.82) is 0 Å². The number of amides is 2. The summed E-state index contributed by atoms with van der Waals surface area (Å²) in [6, 6.07) is 12.7. The smallest absolute Gasteiger partial charge is 0.261 e. The van der Waals surface area contributed by atoms with Gasteiger partial charge in [0.2, 0.25) is 0 Å². The molecule has 22 heavy (non-hydrogen) atoms. The maximum atomic E-state index is 12.4. The van der Waals surface area contributed by atoms with Gasteiger partial charge in [-0.15, -0.1) is 0 Å². The molecule has 0 unspecified atom stereocenters. The fraction of sp³-hybridized carbons (Fsp3) is 0.222. The van der Waals surface area contributed by atoms with Crippen LogP contribution < -0.4 is 4.74 Å². The lowest BCUT2D eigenvalue weighted by Gasteiger charge is -2.15. The van der Waals surface area contributed by atoms with Crippen LogP contribution in [0.2, 0.25) is 0 Å². The molecule has 2 aromatic carbocycles. The Bertz CT molecular complexity index is 717. The topological polar surface area (TPSA) is 46.6 Å². The molecule has 0 N–H and O–H groups in total. The van der Waals surface area contributed by atoms with E-state index in [-0.39, 0.29) is 18.4 Å². The number of carbonyl (C=O) groups is 2. The van der Waals surface area contributed by atoms with Crippen LogP contribution in [0.1, 0.15) is 38.8 Å². The third-order valence-electron chi connectivity index (χ3n) is 3.94. The Labute approximate surface area is 129 Å². The number of hydrogen-bond acceptors (Lipinski definition) is 3. The molecule has 0 spiro atoms. The Balaban J connectivity index is 1.89. The zero-order valence-electron chi connectivity index (χ0n) is 12.6. The van der Waals surface area contributed by atoms with Crippen LogP contribution in [0.15, 0.2) is 42.5 Å². The summed E-state index contributed by atoms with van der Waals surface area (Å²) in [7, 11) is 1.64. The van der Waals surface area contributed by atoms with Gasteiger partial charge in [0.15, 0.2) is 0 Å². The Kier molecular flexibility index (Phi) is 3.67. The summed E-state index contributed by atoms with van der Waals surface area (Å²) in [5.74, 6) is 0.373. The van der Waals surface area contributed by atoms with Gasteiger partial charge in [-0.1, -0.05) is 31.2 Å². The van der Waals surface area contributed by atoms with Crippen molar-refractivity contribution < 1.29 is 14.3 Å². The summed E-state index contributed by atoms with van der Waals surface area (Å²) >= 11 is 0. The van der Waals surface area contributed by atoms with Crippen LogP contribution in [0.5, 0.6) is 5.75 Å². The summed E-state index contributed by atoms with van der Waals surface area (Å²) in [6.45, 7) is 2.33. The SMILES string of the molecule is CCc1cc(CN2C(=O)c3ccccc3C2=O)ccc1OC. The second-order valence-corrected chi connectivity index (χ2v) is 5.24. The van der Waals surface area contributed by atoms with Gasteiger partial charge in [0, 0.05) is 0 Å². The number of ether oxygens (including phenoxy) is 1. The number of imide groups is 1. The van der Waals surface area contributed by atoms with E-state index in [0.29, 0.717) is 11.1 Å². The predicted octanol–water partition coefficient (Wildman–Crippen LogP) is 3.05. The summed E-state index contributed by atoms with van der Waals surface area (Å²) in [4.78, 5) is 26.0. The maximum Gasteiger partial charge on any atom is 0.261 e. The first-order chi connectivity index (χ1) is 10.7. The molecule has 2 amide bonds. The van der Waals surface area contributed by atoms with E-state index in [4.69, 9.17) is 4.74 Å². The van der Waals surface area contributed by atoms with Gasteiger partial charge in [-0.25, -0.2) is 0 Å². The van der Waals surface area contributed by atoms with E-state index in [1.807, 2.05) is 25.1 Å². The predicted molar refractivity (Wildman–Crippen MR) is 83.0 cm³/mol. The molecule has 0 atom stereocenters. The molecule has 2 aromatic rings. The monoisotopic (exact) mass is 295 g/mol. The highest BCUT2D eigenvalue weighted by Crippen LogP contribution is 2.26. The van der Waals surface area contributed by atoms with Crippen LogP contribution in [0, 0.1) is 0 Å². The summed E-state index contributed by atoms with van der Waals surface area (Å²) in [5, 5.41) is 0. The maximum absolute atomic E-state index is 12.4. The average molecular weight is 295 g/mol. The Morgan fingerprint density at radius 2 is 1.64 bits per heavy atom. The van der Waals surface area contributed by atoms with Crippen molar-refractivity contribution >= 4 is 11.8 Å². The summed E-state index contributed by atoms with van der Waals surface area (Å²) in [5.41, 5.74) is 2.96. The lowest BCUT2D eigenvalue weighted by atomic mass is 10.1. The van der Waals surface area contributed by atoms with Crippen molar-refractivity contribution in [2.45, 2.75) is 19.9 Å². The second-order valence-electron chi connectivity index (χ2n) is 5.24. The number of fused-ring (bicyclic) bond motifs is 1. The van der Waals surface area contributed by atoms with Gasteiger partial charge in [0.05, 0.1) is 24.8 Å². The fourth-order valence-corrected chi connectivity index (χ4v) is 2.77. The number of nitrogens with zero attached hydrogens (tertiary/aromatic N) is 1. The lowest BCUT2D eigenvalue weighted by molar-refractivity contribution is 0.0642. The molecule has 0 saturated heterocycles. The highest BCUT2D eigenvalue weighted by molar-refractivity contribution is 6.21. The van der Waals surface area contributed by atoms with Gasteiger partial charge in [-0.05, 0) is 35.7 Å². The second kappa shape index (κ2) is 5.64.